The molecule has 1 aliphatic rings. The normalized spacial score (nSPS) is 14.0. The average molecular weight is 456 g/mol. The van der Waals surface area contributed by atoms with Gasteiger partial charge in [0.05, 0.1) is 25.5 Å². The number of halogens is 2. The number of nitrogens with zero attached hydrogens (tertiary/aromatic N) is 2. The maximum atomic E-state index is 13.9. The second-order valence-electron chi connectivity index (χ2n) is 7.36. The molecule has 3 aromatic rings. The van der Waals surface area contributed by atoms with Crippen molar-refractivity contribution in [2.45, 2.75) is 0 Å². The Bertz CT molecular complexity index is 1130. The third-order valence-corrected chi connectivity index (χ3v) is 4.96. The van der Waals surface area contributed by atoms with Crippen LogP contribution in [0.5, 0.6) is 0 Å². The molecule has 11 heteroatoms. The van der Waals surface area contributed by atoms with E-state index in [1.54, 1.807) is 24.3 Å². The Morgan fingerprint density at radius 3 is 2.42 bits per heavy atom. The number of hydrogen-bond acceptors (Lipinski definition) is 5. The molecule has 0 unspecified atom stereocenters. The first-order valence-corrected chi connectivity index (χ1v) is 10.3. The van der Waals surface area contributed by atoms with E-state index in [-0.39, 0.29) is 29.5 Å². The molecule has 2 aromatic carbocycles. The van der Waals surface area contributed by atoms with E-state index in [4.69, 9.17) is 4.74 Å². The van der Waals surface area contributed by atoms with E-state index < -0.39 is 17.7 Å². The Morgan fingerprint density at radius 2 is 1.70 bits per heavy atom. The molecular formula is C22H22F2N6O3. The minimum atomic E-state index is -1.01. The molecule has 0 spiro atoms. The zero-order chi connectivity index (χ0) is 23.2. The largest absolute Gasteiger partial charge is 0.379 e. The summed E-state index contributed by atoms with van der Waals surface area (Å²) in [5, 5.41) is 14.4. The maximum absolute atomic E-state index is 13.9. The fourth-order valence-corrected chi connectivity index (χ4v) is 3.31. The van der Waals surface area contributed by atoms with Gasteiger partial charge in [-0.15, -0.1) is 0 Å². The quantitative estimate of drug-likeness (QED) is 0.455. The van der Waals surface area contributed by atoms with Gasteiger partial charge < -0.3 is 15.4 Å². The van der Waals surface area contributed by atoms with Gasteiger partial charge in [0.2, 0.25) is 5.91 Å². The zero-order valence-electron chi connectivity index (χ0n) is 17.5. The molecule has 2 heterocycles. The number of anilines is 3. The van der Waals surface area contributed by atoms with Crippen LogP contribution in [-0.2, 0) is 9.53 Å². The second kappa shape index (κ2) is 10.2. The number of hydrogen-bond donors (Lipinski definition) is 4. The smallest absolute Gasteiger partial charge is 0.324 e. The lowest BCUT2D eigenvalue weighted by Gasteiger charge is -2.25. The highest BCUT2D eigenvalue weighted by Crippen LogP contribution is 2.24. The minimum absolute atomic E-state index is 0.00205. The van der Waals surface area contributed by atoms with Crippen molar-refractivity contribution in [2.75, 3.05) is 48.8 Å². The number of nitrogens with one attached hydrogen (secondary N) is 4. The monoisotopic (exact) mass is 456 g/mol. The molecule has 1 saturated heterocycles. The van der Waals surface area contributed by atoms with Crippen LogP contribution in [0.25, 0.3) is 11.3 Å². The molecule has 0 bridgehead atoms. The summed E-state index contributed by atoms with van der Waals surface area (Å²) in [6.07, 6.45) is 0. The zero-order valence-corrected chi connectivity index (χ0v) is 17.5. The molecule has 9 nitrogen and oxygen atoms in total. The predicted molar refractivity (Wildman–Crippen MR) is 119 cm³/mol. The van der Waals surface area contributed by atoms with Crippen molar-refractivity contribution in [2.24, 2.45) is 0 Å². The number of amides is 3. The number of carbonyl (C=O) groups is 2. The molecule has 172 valence electrons. The van der Waals surface area contributed by atoms with E-state index in [0.717, 1.165) is 19.2 Å². The molecule has 0 aliphatic carbocycles. The van der Waals surface area contributed by atoms with Crippen molar-refractivity contribution in [3.05, 3.63) is 60.2 Å². The van der Waals surface area contributed by atoms with Crippen LogP contribution in [0.4, 0.5) is 30.8 Å². The summed E-state index contributed by atoms with van der Waals surface area (Å²) in [5.74, 6) is -1.97. The summed E-state index contributed by atoms with van der Waals surface area (Å²) in [6.45, 7) is 2.98. The second-order valence-corrected chi connectivity index (χ2v) is 7.36. The van der Waals surface area contributed by atoms with Crippen molar-refractivity contribution in [3.63, 3.8) is 0 Å². The van der Waals surface area contributed by atoms with E-state index in [1.165, 1.54) is 18.2 Å². The lowest BCUT2D eigenvalue weighted by Crippen LogP contribution is -2.41. The first kappa shape index (κ1) is 22.4. The Balaban J connectivity index is 1.29. The van der Waals surface area contributed by atoms with Crippen LogP contribution >= 0.6 is 0 Å². The SMILES string of the molecule is O=C(CN1CCOCC1)Nc1ccc(NC(=O)Nc2cc(-c3cccc(F)c3F)[nH]n2)cc1. The van der Waals surface area contributed by atoms with Crippen LogP contribution in [-0.4, -0.2) is 59.9 Å². The van der Waals surface area contributed by atoms with Gasteiger partial charge in [0, 0.05) is 36.1 Å². The highest BCUT2D eigenvalue weighted by atomic mass is 19.2. The number of urea groups is 1. The van der Waals surface area contributed by atoms with Gasteiger partial charge in [-0.3, -0.25) is 20.1 Å². The Kier molecular flexibility index (Phi) is 6.91. The van der Waals surface area contributed by atoms with Gasteiger partial charge in [-0.05, 0) is 36.4 Å². The fraction of sp³-hybridized carbons (Fsp3) is 0.227. The number of H-pyrrole nitrogens is 1. The van der Waals surface area contributed by atoms with E-state index in [2.05, 4.69) is 26.1 Å². The molecule has 0 radical (unpaired) electrons. The molecule has 3 amide bonds. The van der Waals surface area contributed by atoms with E-state index in [1.807, 2.05) is 4.90 Å². The number of morpholine rings is 1. The van der Waals surface area contributed by atoms with E-state index >= 15 is 0 Å². The number of aromatic amines is 1. The summed E-state index contributed by atoms with van der Waals surface area (Å²) in [5.41, 5.74) is 1.32. The van der Waals surface area contributed by atoms with Crippen molar-refractivity contribution in [1.82, 2.24) is 15.1 Å². The van der Waals surface area contributed by atoms with Gasteiger partial charge in [0.1, 0.15) is 0 Å². The molecule has 1 aliphatic heterocycles. The third-order valence-electron chi connectivity index (χ3n) is 4.96. The van der Waals surface area contributed by atoms with Crippen LogP contribution < -0.4 is 16.0 Å². The lowest BCUT2D eigenvalue weighted by atomic mass is 10.1. The first-order chi connectivity index (χ1) is 16.0. The highest BCUT2D eigenvalue weighted by Gasteiger charge is 2.15. The average Bonchev–Trinajstić information content (AvgIpc) is 3.25. The summed E-state index contributed by atoms with van der Waals surface area (Å²) in [6, 6.07) is 11.2. The highest BCUT2D eigenvalue weighted by molar-refractivity contribution is 5.99. The van der Waals surface area contributed by atoms with Crippen LogP contribution in [0, 0.1) is 11.6 Å². The van der Waals surface area contributed by atoms with Crippen LogP contribution in [0.1, 0.15) is 0 Å². The Morgan fingerprint density at radius 1 is 1.00 bits per heavy atom. The van der Waals surface area contributed by atoms with Crippen LogP contribution in [0.15, 0.2) is 48.5 Å². The van der Waals surface area contributed by atoms with Crippen molar-refractivity contribution < 1.29 is 23.1 Å². The summed E-state index contributed by atoms with van der Waals surface area (Å²) in [7, 11) is 0. The predicted octanol–water partition coefficient (Wildman–Crippen LogP) is 3.27. The Labute approximate surface area is 188 Å². The molecule has 0 saturated carbocycles. The van der Waals surface area contributed by atoms with E-state index in [0.29, 0.717) is 24.6 Å². The third kappa shape index (κ3) is 5.90. The van der Waals surface area contributed by atoms with Crippen LogP contribution in [0.2, 0.25) is 0 Å². The summed E-state index contributed by atoms with van der Waals surface area (Å²) in [4.78, 5) is 26.4. The lowest BCUT2D eigenvalue weighted by molar-refractivity contribution is -0.118. The van der Waals surface area contributed by atoms with Gasteiger partial charge in [0.15, 0.2) is 17.5 Å². The van der Waals surface area contributed by atoms with Crippen molar-refractivity contribution >= 4 is 29.1 Å². The fourth-order valence-electron chi connectivity index (χ4n) is 3.31. The number of benzene rings is 2. The first-order valence-electron chi connectivity index (χ1n) is 10.3. The topological polar surface area (TPSA) is 111 Å². The van der Waals surface area contributed by atoms with Crippen molar-refractivity contribution in [1.29, 1.82) is 0 Å². The molecule has 4 rings (SSSR count). The van der Waals surface area contributed by atoms with E-state index in [9.17, 15) is 18.4 Å². The standard InChI is InChI=1S/C22H22F2N6O3/c23-17-3-1-2-16(21(17)24)18-12-19(29-28-18)27-22(32)26-15-6-4-14(5-7-15)25-20(31)13-30-8-10-33-11-9-30/h1-7,12H,8-11,13H2,(H,25,31)(H3,26,27,28,29,32). The number of rotatable bonds is 6. The number of carbonyl (C=O) groups excluding carboxylic acids is 2. The van der Waals surface area contributed by atoms with Gasteiger partial charge in [-0.2, -0.15) is 5.10 Å². The molecule has 1 aromatic heterocycles. The number of aromatic nitrogens is 2. The molecule has 1 fully saturated rings. The maximum Gasteiger partial charge on any atom is 0.324 e. The van der Waals surface area contributed by atoms with Crippen molar-refractivity contribution in [3.8, 4) is 11.3 Å². The molecule has 4 N–H and O–H groups in total. The summed E-state index contributed by atoms with van der Waals surface area (Å²) >= 11 is 0. The molecular weight excluding hydrogens is 434 g/mol. The number of ether oxygens (including phenoxy) is 1. The van der Waals surface area contributed by atoms with Crippen LogP contribution in [0.3, 0.4) is 0 Å². The van der Waals surface area contributed by atoms with Gasteiger partial charge >= 0.3 is 6.03 Å². The molecule has 0 atom stereocenters. The van der Waals surface area contributed by atoms with Gasteiger partial charge in [0.25, 0.3) is 0 Å². The summed E-state index contributed by atoms with van der Waals surface area (Å²) < 4.78 is 32.6. The van der Waals surface area contributed by atoms with Gasteiger partial charge in [-0.25, -0.2) is 13.6 Å². The Hall–Kier alpha value is -3.83. The molecule has 33 heavy (non-hydrogen) atoms. The van der Waals surface area contributed by atoms with Gasteiger partial charge in [-0.1, -0.05) is 6.07 Å². The minimum Gasteiger partial charge on any atom is -0.379 e.